The maximum atomic E-state index is 13.1. The molecular weight excluding hydrogens is 378 g/mol. The number of ether oxygens (including phenoxy) is 1. The summed E-state index contributed by atoms with van der Waals surface area (Å²) in [6.07, 6.45) is 3.75. The molecule has 150 valence electrons. The molecule has 0 aliphatic carbocycles. The van der Waals surface area contributed by atoms with Gasteiger partial charge in [0.05, 0.1) is 42.3 Å². The monoisotopic (exact) mass is 399 g/mol. The average Bonchev–Trinajstić information content (AvgIpc) is 3.32. The summed E-state index contributed by atoms with van der Waals surface area (Å²) in [4.78, 5) is 19.8. The van der Waals surface area contributed by atoms with Crippen LogP contribution in [0, 0.1) is 0 Å². The minimum Gasteiger partial charge on any atom is -0.497 e. The Bertz CT molecular complexity index is 1280. The summed E-state index contributed by atoms with van der Waals surface area (Å²) in [7, 11) is 3.51. The first-order valence-corrected chi connectivity index (χ1v) is 9.67. The quantitative estimate of drug-likeness (QED) is 0.569. The Kier molecular flexibility index (Phi) is 4.17. The van der Waals surface area contributed by atoms with Crippen LogP contribution in [0.1, 0.15) is 21.6 Å². The van der Waals surface area contributed by atoms with Crippen molar-refractivity contribution in [1.82, 2.24) is 19.7 Å². The van der Waals surface area contributed by atoms with Gasteiger partial charge in [0.1, 0.15) is 5.75 Å². The van der Waals surface area contributed by atoms with Crippen LogP contribution >= 0.6 is 0 Å². The largest absolute Gasteiger partial charge is 0.497 e. The normalized spacial score (nSPS) is 13.1. The number of aryl methyl sites for hydroxylation is 1. The zero-order valence-corrected chi connectivity index (χ0v) is 16.8. The highest BCUT2D eigenvalue weighted by molar-refractivity contribution is 6.11. The van der Waals surface area contributed by atoms with Crippen LogP contribution in [0.15, 0.2) is 54.9 Å². The fourth-order valence-corrected chi connectivity index (χ4v) is 4.00. The molecule has 2 aromatic heterocycles. The predicted molar refractivity (Wildman–Crippen MR) is 115 cm³/mol. The number of para-hydroxylation sites is 1. The first-order valence-electron chi connectivity index (χ1n) is 9.67. The van der Waals surface area contributed by atoms with Gasteiger partial charge in [-0.2, -0.15) is 5.10 Å². The summed E-state index contributed by atoms with van der Waals surface area (Å²) in [5.41, 5.74) is 11.9. The van der Waals surface area contributed by atoms with Crippen LogP contribution < -0.4 is 10.5 Å². The number of pyridine rings is 1. The van der Waals surface area contributed by atoms with Crippen molar-refractivity contribution < 1.29 is 9.53 Å². The third kappa shape index (κ3) is 2.86. The number of aromatic nitrogens is 3. The van der Waals surface area contributed by atoms with E-state index in [0.717, 1.165) is 39.0 Å². The van der Waals surface area contributed by atoms with Crippen LogP contribution in [-0.4, -0.2) is 32.7 Å². The van der Waals surface area contributed by atoms with Crippen molar-refractivity contribution in [2.75, 3.05) is 12.8 Å². The van der Waals surface area contributed by atoms with E-state index in [1.807, 2.05) is 55.7 Å². The van der Waals surface area contributed by atoms with Crippen molar-refractivity contribution in [1.29, 1.82) is 0 Å². The molecule has 30 heavy (non-hydrogen) atoms. The second kappa shape index (κ2) is 6.88. The molecule has 7 nitrogen and oxygen atoms in total. The van der Waals surface area contributed by atoms with Crippen LogP contribution in [0.3, 0.4) is 0 Å². The molecule has 0 saturated heterocycles. The summed E-state index contributed by atoms with van der Waals surface area (Å²) in [6, 6.07) is 13.6. The number of amides is 1. The Labute approximate surface area is 173 Å². The van der Waals surface area contributed by atoms with Crippen molar-refractivity contribution in [3.05, 3.63) is 71.7 Å². The number of benzene rings is 2. The molecule has 0 radical (unpaired) electrons. The summed E-state index contributed by atoms with van der Waals surface area (Å²) >= 11 is 0. The third-order valence-electron chi connectivity index (χ3n) is 5.52. The highest BCUT2D eigenvalue weighted by Crippen LogP contribution is 2.36. The molecule has 0 fully saturated rings. The molecular formula is C23H21N5O2. The number of nitrogens with two attached hydrogens (primary N) is 1. The maximum Gasteiger partial charge on any atom is 0.258 e. The van der Waals surface area contributed by atoms with Crippen molar-refractivity contribution in [3.8, 4) is 16.9 Å². The summed E-state index contributed by atoms with van der Waals surface area (Å²) in [6.45, 7) is 0.923. The van der Waals surface area contributed by atoms with E-state index in [1.165, 1.54) is 0 Å². The lowest BCUT2D eigenvalue weighted by Crippen LogP contribution is -2.23. The standard InChI is InChI=1S/C23H21N5O2/c1-27-12-15(10-25-27)17-4-3-5-18-21(24)20-19(26-22(17)18)13-28(23(20)29)11-14-6-8-16(30-2)9-7-14/h3-10,12H,11,13H2,1-2H3,(H2,24,26). The maximum absolute atomic E-state index is 13.1. The molecule has 1 aliphatic heterocycles. The van der Waals surface area contributed by atoms with Crippen molar-refractivity contribution in [2.24, 2.45) is 7.05 Å². The molecule has 2 N–H and O–H groups in total. The Balaban J connectivity index is 1.54. The lowest BCUT2D eigenvalue weighted by atomic mass is 10.0. The number of rotatable bonds is 4. The first kappa shape index (κ1) is 18.2. The fourth-order valence-electron chi connectivity index (χ4n) is 4.00. The minimum atomic E-state index is -0.0838. The first-order chi connectivity index (χ1) is 14.5. The SMILES string of the molecule is COc1ccc(CN2Cc3nc4c(-c5cnn(C)c5)cccc4c(N)c3C2=O)cc1. The molecule has 0 saturated carbocycles. The molecule has 0 unspecified atom stereocenters. The zero-order chi connectivity index (χ0) is 20.8. The van der Waals surface area contributed by atoms with E-state index in [4.69, 9.17) is 15.5 Å². The molecule has 4 aromatic rings. The molecule has 7 heteroatoms. The van der Waals surface area contributed by atoms with Crippen LogP contribution in [0.4, 0.5) is 5.69 Å². The van der Waals surface area contributed by atoms with Gasteiger partial charge in [-0.05, 0) is 17.7 Å². The van der Waals surface area contributed by atoms with Gasteiger partial charge in [0.25, 0.3) is 5.91 Å². The number of methoxy groups -OCH3 is 1. The molecule has 0 bridgehead atoms. The Morgan fingerprint density at radius 2 is 1.97 bits per heavy atom. The molecule has 2 aromatic carbocycles. The van der Waals surface area contributed by atoms with Gasteiger partial charge in [-0.3, -0.25) is 9.48 Å². The zero-order valence-electron chi connectivity index (χ0n) is 16.8. The fraction of sp³-hybridized carbons (Fsp3) is 0.174. The van der Waals surface area contributed by atoms with E-state index in [2.05, 4.69) is 5.10 Å². The molecule has 1 aliphatic rings. The predicted octanol–water partition coefficient (Wildman–Crippen LogP) is 3.38. The number of nitrogen functional groups attached to an aromatic ring is 1. The van der Waals surface area contributed by atoms with Crippen LogP contribution in [0.5, 0.6) is 5.75 Å². The van der Waals surface area contributed by atoms with E-state index in [-0.39, 0.29) is 5.91 Å². The van der Waals surface area contributed by atoms with Crippen LogP contribution in [-0.2, 0) is 20.1 Å². The van der Waals surface area contributed by atoms with Gasteiger partial charge in [0.2, 0.25) is 0 Å². The Morgan fingerprint density at radius 3 is 2.67 bits per heavy atom. The molecule has 0 atom stereocenters. The number of nitrogens with zero attached hydrogens (tertiary/aromatic N) is 4. The molecule has 5 rings (SSSR count). The number of anilines is 1. The molecule has 1 amide bonds. The van der Waals surface area contributed by atoms with Gasteiger partial charge in [-0.1, -0.05) is 30.3 Å². The van der Waals surface area contributed by atoms with E-state index in [9.17, 15) is 4.79 Å². The third-order valence-corrected chi connectivity index (χ3v) is 5.52. The van der Waals surface area contributed by atoms with Gasteiger partial charge in [0, 0.05) is 36.3 Å². The van der Waals surface area contributed by atoms with Crippen LogP contribution in [0.25, 0.3) is 22.0 Å². The molecule has 0 spiro atoms. The van der Waals surface area contributed by atoms with Crippen molar-refractivity contribution in [2.45, 2.75) is 13.1 Å². The van der Waals surface area contributed by atoms with Crippen LogP contribution in [0.2, 0.25) is 0 Å². The number of fused-ring (bicyclic) bond motifs is 2. The second-order valence-electron chi connectivity index (χ2n) is 7.46. The van der Waals surface area contributed by atoms with Gasteiger partial charge in [-0.15, -0.1) is 0 Å². The summed E-state index contributed by atoms with van der Waals surface area (Å²) < 4.78 is 6.96. The van der Waals surface area contributed by atoms with E-state index in [1.54, 1.807) is 22.9 Å². The number of hydrogen-bond acceptors (Lipinski definition) is 5. The Hall–Kier alpha value is -3.87. The average molecular weight is 399 g/mol. The van der Waals surface area contributed by atoms with Gasteiger partial charge < -0.3 is 15.4 Å². The topological polar surface area (TPSA) is 86.3 Å². The van der Waals surface area contributed by atoms with E-state index in [0.29, 0.717) is 24.3 Å². The highest BCUT2D eigenvalue weighted by Gasteiger charge is 2.32. The number of hydrogen-bond donors (Lipinski definition) is 1. The van der Waals surface area contributed by atoms with Gasteiger partial charge in [0.15, 0.2) is 0 Å². The van der Waals surface area contributed by atoms with Crippen molar-refractivity contribution >= 4 is 22.5 Å². The lowest BCUT2D eigenvalue weighted by molar-refractivity contribution is 0.0767. The van der Waals surface area contributed by atoms with Gasteiger partial charge in [-0.25, -0.2) is 4.98 Å². The van der Waals surface area contributed by atoms with E-state index >= 15 is 0 Å². The highest BCUT2D eigenvalue weighted by atomic mass is 16.5. The summed E-state index contributed by atoms with van der Waals surface area (Å²) in [5.74, 6) is 0.703. The minimum absolute atomic E-state index is 0.0838. The Morgan fingerprint density at radius 1 is 1.17 bits per heavy atom. The number of carbonyl (C=O) groups is 1. The van der Waals surface area contributed by atoms with E-state index < -0.39 is 0 Å². The summed E-state index contributed by atoms with van der Waals surface area (Å²) in [5, 5.41) is 5.05. The van der Waals surface area contributed by atoms with Gasteiger partial charge >= 0.3 is 0 Å². The van der Waals surface area contributed by atoms with Crippen molar-refractivity contribution in [3.63, 3.8) is 0 Å². The lowest BCUT2D eigenvalue weighted by Gasteiger charge is -2.15. The smallest absolute Gasteiger partial charge is 0.258 e. The molecule has 3 heterocycles. The second-order valence-corrected chi connectivity index (χ2v) is 7.46. The number of carbonyl (C=O) groups excluding carboxylic acids is 1.